The normalized spacial score (nSPS) is 12.4. The molecule has 17 heavy (non-hydrogen) atoms. The van der Waals surface area contributed by atoms with E-state index in [-0.39, 0.29) is 6.04 Å². The number of hydrogen-bond donors (Lipinski definition) is 1. The summed E-state index contributed by atoms with van der Waals surface area (Å²) in [5.74, 6) is 1.83. The summed E-state index contributed by atoms with van der Waals surface area (Å²) in [6.07, 6.45) is 3.73. The number of hydrogen-bond acceptors (Lipinski definition) is 3. The molecule has 1 atom stereocenters. The molecule has 0 saturated carbocycles. The molecule has 1 heterocycles. The molecule has 0 aliphatic rings. The van der Waals surface area contributed by atoms with Gasteiger partial charge in [-0.05, 0) is 24.6 Å². The molecule has 0 bridgehead atoms. The van der Waals surface area contributed by atoms with Crippen molar-refractivity contribution in [1.82, 2.24) is 9.55 Å². The standard InChI is InChI=1S/C13H17N3O/c1-10-15-7-8-16(10)9-13(14)11-3-5-12(17-2)6-4-11/h3-8,13H,9,14H2,1-2H3. The zero-order chi connectivity index (χ0) is 12.3. The van der Waals surface area contributed by atoms with Crippen LogP contribution >= 0.6 is 0 Å². The lowest BCUT2D eigenvalue weighted by Crippen LogP contribution is -2.17. The second-order valence-corrected chi connectivity index (χ2v) is 4.01. The molecule has 0 saturated heterocycles. The average Bonchev–Trinajstić information content (AvgIpc) is 2.75. The summed E-state index contributed by atoms with van der Waals surface area (Å²) < 4.78 is 7.17. The van der Waals surface area contributed by atoms with Crippen molar-refractivity contribution in [2.45, 2.75) is 19.5 Å². The highest BCUT2D eigenvalue weighted by Gasteiger charge is 2.08. The van der Waals surface area contributed by atoms with Gasteiger partial charge in [-0.2, -0.15) is 0 Å². The third kappa shape index (κ3) is 2.65. The molecular weight excluding hydrogens is 214 g/mol. The van der Waals surface area contributed by atoms with Crippen LogP contribution < -0.4 is 10.5 Å². The van der Waals surface area contributed by atoms with Crippen LogP contribution in [0.15, 0.2) is 36.7 Å². The lowest BCUT2D eigenvalue weighted by Gasteiger charge is -2.14. The Morgan fingerprint density at radius 1 is 1.35 bits per heavy atom. The molecule has 2 aromatic rings. The Balaban J connectivity index is 2.09. The highest BCUT2D eigenvalue weighted by Crippen LogP contribution is 2.17. The number of imidazole rings is 1. The van der Waals surface area contributed by atoms with Crippen molar-refractivity contribution in [3.8, 4) is 5.75 Å². The first-order valence-electron chi connectivity index (χ1n) is 5.58. The molecule has 90 valence electrons. The molecule has 0 radical (unpaired) electrons. The fourth-order valence-electron chi connectivity index (χ4n) is 1.77. The SMILES string of the molecule is COc1ccc(C(N)Cn2ccnc2C)cc1. The Bertz CT molecular complexity index is 476. The number of nitrogens with zero attached hydrogens (tertiary/aromatic N) is 2. The maximum Gasteiger partial charge on any atom is 0.118 e. The van der Waals surface area contributed by atoms with Gasteiger partial charge in [-0.3, -0.25) is 0 Å². The van der Waals surface area contributed by atoms with Gasteiger partial charge in [0.2, 0.25) is 0 Å². The van der Waals surface area contributed by atoms with E-state index in [1.165, 1.54) is 0 Å². The van der Waals surface area contributed by atoms with Gasteiger partial charge in [-0.25, -0.2) is 4.98 Å². The summed E-state index contributed by atoms with van der Waals surface area (Å²) >= 11 is 0. The van der Waals surface area contributed by atoms with Crippen LogP contribution in [0.1, 0.15) is 17.4 Å². The fraction of sp³-hybridized carbons (Fsp3) is 0.308. The Hall–Kier alpha value is -1.81. The fourth-order valence-corrected chi connectivity index (χ4v) is 1.77. The van der Waals surface area contributed by atoms with E-state index in [1.54, 1.807) is 13.3 Å². The zero-order valence-corrected chi connectivity index (χ0v) is 10.1. The van der Waals surface area contributed by atoms with E-state index in [4.69, 9.17) is 10.5 Å². The molecule has 0 spiro atoms. The van der Waals surface area contributed by atoms with Gasteiger partial charge in [0.1, 0.15) is 11.6 Å². The van der Waals surface area contributed by atoms with E-state index < -0.39 is 0 Å². The molecule has 4 nitrogen and oxygen atoms in total. The van der Waals surface area contributed by atoms with Crippen molar-refractivity contribution in [2.24, 2.45) is 5.73 Å². The van der Waals surface area contributed by atoms with E-state index >= 15 is 0 Å². The highest BCUT2D eigenvalue weighted by molar-refractivity contribution is 5.28. The average molecular weight is 231 g/mol. The van der Waals surface area contributed by atoms with Crippen LogP contribution in [0.4, 0.5) is 0 Å². The zero-order valence-electron chi connectivity index (χ0n) is 10.1. The van der Waals surface area contributed by atoms with E-state index in [1.807, 2.05) is 37.4 Å². The molecular formula is C13H17N3O. The van der Waals surface area contributed by atoms with Crippen molar-refractivity contribution in [3.05, 3.63) is 48.0 Å². The van der Waals surface area contributed by atoms with Gasteiger partial charge in [0.15, 0.2) is 0 Å². The van der Waals surface area contributed by atoms with Gasteiger partial charge in [-0.15, -0.1) is 0 Å². The molecule has 0 aliphatic heterocycles. The first-order valence-corrected chi connectivity index (χ1v) is 5.58. The molecule has 1 aromatic heterocycles. The number of benzene rings is 1. The monoisotopic (exact) mass is 231 g/mol. The van der Waals surface area contributed by atoms with Crippen LogP contribution in [0.5, 0.6) is 5.75 Å². The number of aromatic nitrogens is 2. The third-order valence-electron chi connectivity index (χ3n) is 2.86. The lowest BCUT2D eigenvalue weighted by atomic mass is 10.1. The Kier molecular flexibility index (Phi) is 3.44. The van der Waals surface area contributed by atoms with Crippen molar-refractivity contribution in [1.29, 1.82) is 0 Å². The molecule has 2 rings (SSSR count). The van der Waals surface area contributed by atoms with Crippen molar-refractivity contribution in [3.63, 3.8) is 0 Å². The van der Waals surface area contributed by atoms with Crippen LogP contribution in [0.3, 0.4) is 0 Å². The maximum absolute atomic E-state index is 6.16. The minimum Gasteiger partial charge on any atom is -0.497 e. The van der Waals surface area contributed by atoms with Crippen molar-refractivity contribution < 1.29 is 4.74 Å². The summed E-state index contributed by atoms with van der Waals surface area (Å²) in [6.45, 7) is 2.71. The molecule has 2 N–H and O–H groups in total. The van der Waals surface area contributed by atoms with Gasteiger partial charge in [0.05, 0.1) is 7.11 Å². The van der Waals surface area contributed by atoms with Gasteiger partial charge in [0, 0.05) is 25.0 Å². The number of methoxy groups -OCH3 is 1. The minimum atomic E-state index is -0.0335. The molecule has 0 aliphatic carbocycles. The molecule has 1 unspecified atom stereocenters. The smallest absolute Gasteiger partial charge is 0.118 e. The molecule has 0 amide bonds. The van der Waals surface area contributed by atoms with Crippen LogP contribution in [-0.4, -0.2) is 16.7 Å². The van der Waals surface area contributed by atoms with E-state index in [0.717, 1.165) is 23.7 Å². The van der Waals surface area contributed by atoms with Crippen LogP contribution in [0, 0.1) is 6.92 Å². The third-order valence-corrected chi connectivity index (χ3v) is 2.86. The van der Waals surface area contributed by atoms with Crippen LogP contribution in [0.2, 0.25) is 0 Å². The summed E-state index contributed by atoms with van der Waals surface area (Å²) in [7, 11) is 1.66. The quantitative estimate of drug-likeness (QED) is 0.874. The Labute approximate surface area is 101 Å². The second-order valence-electron chi connectivity index (χ2n) is 4.01. The summed E-state index contributed by atoms with van der Waals surface area (Å²) in [4.78, 5) is 4.18. The number of rotatable bonds is 4. The van der Waals surface area contributed by atoms with Gasteiger partial charge >= 0.3 is 0 Å². The largest absolute Gasteiger partial charge is 0.497 e. The van der Waals surface area contributed by atoms with Gasteiger partial charge in [0.25, 0.3) is 0 Å². The molecule has 1 aromatic carbocycles. The molecule has 0 fully saturated rings. The maximum atomic E-state index is 6.16. The number of ether oxygens (including phenoxy) is 1. The lowest BCUT2D eigenvalue weighted by molar-refractivity contribution is 0.414. The second kappa shape index (κ2) is 5.01. The highest BCUT2D eigenvalue weighted by atomic mass is 16.5. The number of nitrogens with two attached hydrogens (primary N) is 1. The molecule has 4 heteroatoms. The summed E-state index contributed by atoms with van der Waals surface area (Å²) in [5.41, 5.74) is 7.25. The summed E-state index contributed by atoms with van der Waals surface area (Å²) in [5, 5.41) is 0. The Morgan fingerprint density at radius 2 is 2.06 bits per heavy atom. The summed E-state index contributed by atoms with van der Waals surface area (Å²) in [6, 6.07) is 7.81. The Morgan fingerprint density at radius 3 is 2.59 bits per heavy atom. The van der Waals surface area contributed by atoms with E-state index in [2.05, 4.69) is 9.55 Å². The predicted molar refractivity (Wildman–Crippen MR) is 66.9 cm³/mol. The van der Waals surface area contributed by atoms with Crippen molar-refractivity contribution >= 4 is 0 Å². The topological polar surface area (TPSA) is 53.1 Å². The van der Waals surface area contributed by atoms with Gasteiger partial charge in [-0.1, -0.05) is 12.1 Å². The minimum absolute atomic E-state index is 0.0335. The van der Waals surface area contributed by atoms with Crippen LogP contribution in [-0.2, 0) is 6.54 Å². The first kappa shape index (κ1) is 11.7. The van der Waals surface area contributed by atoms with Gasteiger partial charge < -0.3 is 15.0 Å². The van der Waals surface area contributed by atoms with Crippen LogP contribution in [0.25, 0.3) is 0 Å². The number of aryl methyl sites for hydroxylation is 1. The first-order chi connectivity index (χ1) is 8.20. The predicted octanol–water partition coefficient (Wildman–Crippen LogP) is 1.90. The van der Waals surface area contributed by atoms with E-state index in [0.29, 0.717) is 0 Å². The van der Waals surface area contributed by atoms with E-state index in [9.17, 15) is 0 Å². The van der Waals surface area contributed by atoms with Crippen molar-refractivity contribution in [2.75, 3.05) is 7.11 Å².